The van der Waals surface area contributed by atoms with E-state index in [2.05, 4.69) is 39.4 Å². The standard InChI is InChI=1S/C27H25BrN2O4/c1-17-9-18(2)11-20(10-17)16-34-26-24(28)13-19(14-25(26)33-4)12-21(15-29)27(31)30-22-5-7-23(32-3)8-6-22/h5-14H,16H2,1-4H3,(H,30,31)/b21-12+. The van der Waals surface area contributed by atoms with Crippen LogP contribution in [0.1, 0.15) is 22.3 Å². The molecule has 1 amide bonds. The Labute approximate surface area is 207 Å². The molecule has 0 heterocycles. The highest BCUT2D eigenvalue weighted by atomic mass is 79.9. The molecule has 7 heteroatoms. The summed E-state index contributed by atoms with van der Waals surface area (Å²) in [4.78, 5) is 12.6. The molecule has 0 aliphatic heterocycles. The summed E-state index contributed by atoms with van der Waals surface area (Å²) in [5, 5.41) is 12.3. The molecule has 0 bridgehead atoms. The number of aryl methyl sites for hydroxylation is 2. The minimum Gasteiger partial charge on any atom is -0.497 e. The van der Waals surface area contributed by atoms with Gasteiger partial charge in [0.1, 0.15) is 24.0 Å². The summed E-state index contributed by atoms with van der Waals surface area (Å²) in [6.07, 6.45) is 1.50. The van der Waals surface area contributed by atoms with Crippen LogP contribution >= 0.6 is 15.9 Å². The number of rotatable bonds is 8. The topological polar surface area (TPSA) is 80.6 Å². The van der Waals surface area contributed by atoms with Crippen LogP contribution in [-0.4, -0.2) is 20.1 Å². The molecule has 3 aromatic carbocycles. The van der Waals surface area contributed by atoms with Gasteiger partial charge in [-0.25, -0.2) is 0 Å². The highest BCUT2D eigenvalue weighted by molar-refractivity contribution is 9.10. The Morgan fingerprint density at radius 2 is 1.71 bits per heavy atom. The van der Waals surface area contributed by atoms with Crippen LogP contribution in [0.25, 0.3) is 6.08 Å². The van der Waals surface area contributed by atoms with Crippen LogP contribution in [0.5, 0.6) is 17.2 Å². The third-order valence-electron chi connectivity index (χ3n) is 4.94. The molecule has 34 heavy (non-hydrogen) atoms. The predicted octanol–water partition coefficient (Wildman–Crippen LogP) is 6.21. The van der Waals surface area contributed by atoms with Crippen molar-refractivity contribution in [1.29, 1.82) is 5.26 Å². The number of amides is 1. The normalized spacial score (nSPS) is 10.9. The molecule has 0 aromatic heterocycles. The summed E-state index contributed by atoms with van der Waals surface area (Å²) in [5.41, 5.74) is 4.51. The van der Waals surface area contributed by atoms with Crippen molar-refractivity contribution in [1.82, 2.24) is 0 Å². The average molecular weight is 521 g/mol. The first-order valence-electron chi connectivity index (χ1n) is 10.5. The van der Waals surface area contributed by atoms with E-state index in [4.69, 9.17) is 14.2 Å². The van der Waals surface area contributed by atoms with Gasteiger partial charge in [-0.05, 0) is 83.4 Å². The molecule has 3 rings (SSSR count). The van der Waals surface area contributed by atoms with E-state index in [1.54, 1.807) is 50.6 Å². The van der Waals surface area contributed by atoms with E-state index in [9.17, 15) is 10.1 Å². The molecular weight excluding hydrogens is 496 g/mol. The lowest BCUT2D eigenvalue weighted by Crippen LogP contribution is -2.13. The number of hydrogen-bond donors (Lipinski definition) is 1. The number of nitriles is 1. The number of ether oxygens (including phenoxy) is 3. The lowest BCUT2D eigenvalue weighted by molar-refractivity contribution is -0.112. The van der Waals surface area contributed by atoms with E-state index >= 15 is 0 Å². The van der Waals surface area contributed by atoms with Crippen molar-refractivity contribution in [3.63, 3.8) is 0 Å². The molecule has 6 nitrogen and oxygen atoms in total. The van der Waals surface area contributed by atoms with Gasteiger partial charge < -0.3 is 19.5 Å². The Bertz CT molecular complexity index is 1240. The Morgan fingerprint density at radius 1 is 1.03 bits per heavy atom. The highest BCUT2D eigenvalue weighted by Gasteiger charge is 2.14. The molecule has 3 aromatic rings. The Kier molecular flexibility index (Phi) is 8.34. The van der Waals surface area contributed by atoms with Crippen molar-refractivity contribution in [2.75, 3.05) is 19.5 Å². The maximum Gasteiger partial charge on any atom is 0.266 e. The van der Waals surface area contributed by atoms with Gasteiger partial charge in [0.15, 0.2) is 11.5 Å². The minimum atomic E-state index is -0.516. The van der Waals surface area contributed by atoms with Crippen LogP contribution < -0.4 is 19.5 Å². The largest absolute Gasteiger partial charge is 0.497 e. The number of methoxy groups -OCH3 is 2. The Morgan fingerprint density at radius 3 is 2.29 bits per heavy atom. The first kappa shape index (κ1) is 24.9. The van der Waals surface area contributed by atoms with Crippen molar-refractivity contribution in [3.05, 3.63) is 86.9 Å². The van der Waals surface area contributed by atoms with Crippen LogP contribution in [0.2, 0.25) is 0 Å². The molecule has 0 saturated heterocycles. The zero-order chi connectivity index (χ0) is 24.7. The molecule has 0 aliphatic carbocycles. The predicted molar refractivity (Wildman–Crippen MR) is 136 cm³/mol. The average Bonchev–Trinajstić information content (AvgIpc) is 2.81. The summed E-state index contributed by atoms with van der Waals surface area (Å²) < 4.78 is 17.3. The van der Waals surface area contributed by atoms with Crippen LogP contribution in [0.4, 0.5) is 5.69 Å². The maximum absolute atomic E-state index is 12.6. The van der Waals surface area contributed by atoms with Gasteiger partial charge in [-0.1, -0.05) is 29.3 Å². The molecule has 0 spiro atoms. The van der Waals surface area contributed by atoms with Gasteiger partial charge in [0.05, 0.1) is 18.7 Å². The number of carbonyl (C=O) groups is 1. The molecule has 0 saturated carbocycles. The molecule has 1 N–H and O–H groups in total. The van der Waals surface area contributed by atoms with E-state index in [0.29, 0.717) is 39.6 Å². The first-order chi connectivity index (χ1) is 16.3. The second kappa shape index (κ2) is 11.4. The third kappa shape index (κ3) is 6.40. The zero-order valence-corrected chi connectivity index (χ0v) is 21.0. The summed E-state index contributed by atoms with van der Waals surface area (Å²) in [6.45, 7) is 4.47. The summed E-state index contributed by atoms with van der Waals surface area (Å²) in [5.74, 6) is 1.18. The summed E-state index contributed by atoms with van der Waals surface area (Å²) in [6, 6.07) is 18.6. The summed E-state index contributed by atoms with van der Waals surface area (Å²) in [7, 11) is 3.11. The molecule has 0 unspecified atom stereocenters. The van der Waals surface area contributed by atoms with Crippen LogP contribution in [0, 0.1) is 25.2 Å². The van der Waals surface area contributed by atoms with E-state index < -0.39 is 5.91 Å². The summed E-state index contributed by atoms with van der Waals surface area (Å²) >= 11 is 3.53. The van der Waals surface area contributed by atoms with Crippen molar-refractivity contribution in [2.24, 2.45) is 0 Å². The van der Waals surface area contributed by atoms with E-state index in [1.165, 1.54) is 17.2 Å². The lowest BCUT2D eigenvalue weighted by Gasteiger charge is -2.14. The molecule has 0 aliphatic rings. The highest BCUT2D eigenvalue weighted by Crippen LogP contribution is 2.38. The van der Waals surface area contributed by atoms with Gasteiger partial charge in [0.25, 0.3) is 5.91 Å². The fourth-order valence-corrected chi connectivity index (χ4v) is 4.03. The van der Waals surface area contributed by atoms with Crippen molar-refractivity contribution >= 4 is 33.6 Å². The van der Waals surface area contributed by atoms with Gasteiger partial charge in [0.2, 0.25) is 0 Å². The van der Waals surface area contributed by atoms with Gasteiger partial charge in [0, 0.05) is 5.69 Å². The molecule has 0 radical (unpaired) electrons. The second-order valence-corrected chi connectivity index (χ2v) is 8.53. The number of anilines is 1. The van der Waals surface area contributed by atoms with Gasteiger partial charge in [-0.2, -0.15) is 5.26 Å². The molecular formula is C27H25BrN2O4. The SMILES string of the molecule is COc1ccc(NC(=O)/C(C#N)=C/c2cc(Br)c(OCc3cc(C)cc(C)c3)c(OC)c2)cc1. The van der Waals surface area contributed by atoms with E-state index in [1.807, 2.05) is 19.9 Å². The smallest absolute Gasteiger partial charge is 0.266 e. The number of halogens is 1. The van der Waals surface area contributed by atoms with Crippen LogP contribution in [-0.2, 0) is 11.4 Å². The van der Waals surface area contributed by atoms with Crippen LogP contribution in [0.15, 0.2) is 64.6 Å². The maximum atomic E-state index is 12.6. The first-order valence-corrected chi connectivity index (χ1v) is 11.3. The molecule has 174 valence electrons. The second-order valence-electron chi connectivity index (χ2n) is 7.67. The Hall–Kier alpha value is -3.76. The monoisotopic (exact) mass is 520 g/mol. The number of nitrogens with one attached hydrogen (secondary N) is 1. The number of benzene rings is 3. The van der Waals surface area contributed by atoms with Crippen LogP contribution in [0.3, 0.4) is 0 Å². The lowest BCUT2D eigenvalue weighted by atomic mass is 10.1. The molecule has 0 atom stereocenters. The van der Waals surface area contributed by atoms with Crippen molar-refractivity contribution in [3.8, 4) is 23.3 Å². The van der Waals surface area contributed by atoms with E-state index in [0.717, 1.165) is 5.56 Å². The van der Waals surface area contributed by atoms with Gasteiger partial charge >= 0.3 is 0 Å². The van der Waals surface area contributed by atoms with Gasteiger partial charge in [-0.15, -0.1) is 0 Å². The van der Waals surface area contributed by atoms with Crippen molar-refractivity contribution < 1.29 is 19.0 Å². The number of carbonyl (C=O) groups excluding carboxylic acids is 1. The minimum absolute atomic E-state index is 0.0475. The number of hydrogen-bond acceptors (Lipinski definition) is 5. The molecule has 0 fully saturated rings. The number of nitrogens with zero attached hydrogens (tertiary/aromatic N) is 1. The van der Waals surface area contributed by atoms with E-state index in [-0.39, 0.29) is 5.57 Å². The van der Waals surface area contributed by atoms with Crippen molar-refractivity contribution in [2.45, 2.75) is 20.5 Å². The Balaban J connectivity index is 1.80. The third-order valence-corrected chi connectivity index (χ3v) is 5.53. The fourth-order valence-electron chi connectivity index (χ4n) is 3.46. The quantitative estimate of drug-likeness (QED) is 0.282. The zero-order valence-electron chi connectivity index (χ0n) is 19.4. The fraction of sp³-hybridized carbons (Fsp3) is 0.185. The van der Waals surface area contributed by atoms with Gasteiger partial charge in [-0.3, -0.25) is 4.79 Å².